The van der Waals surface area contributed by atoms with Crippen molar-refractivity contribution in [2.75, 3.05) is 13.1 Å². The first kappa shape index (κ1) is 11.6. The van der Waals surface area contributed by atoms with Crippen molar-refractivity contribution < 1.29 is 9.59 Å². The summed E-state index contributed by atoms with van der Waals surface area (Å²) in [6.07, 6.45) is 4.98. The molecule has 4 heteroatoms. The zero-order valence-electron chi connectivity index (χ0n) is 9.87. The van der Waals surface area contributed by atoms with Gasteiger partial charge in [0.05, 0.1) is 12.1 Å². The zero-order valence-corrected chi connectivity index (χ0v) is 9.87. The van der Waals surface area contributed by atoms with Crippen LogP contribution in [0.5, 0.6) is 0 Å². The van der Waals surface area contributed by atoms with Crippen LogP contribution in [0.25, 0.3) is 0 Å². The molecule has 2 saturated heterocycles. The molecule has 0 saturated carbocycles. The third kappa shape index (κ3) is 2.26. The Morgan fingerprint density at radius 1 is 1.19 bits per heavy atom. The van der Waals surface area contributed by atoms with Crippen molar-refractivity contribution in [2.45, 2.75) is 51.1 Å². The molecule has 16 heavy (non-hydrogen) atoms. The van der Waals surface area contributed by atoms with E-state index in [1.807, 2.05) is 0 Å². The second-order valence-electron chi connectivity index (χ2n) is 4.80. The topological polar surface area (TPSA) is 49.4 Å². The van der Waals surface area contributed by atoms with Crippen LogP contribution >= 0.6 is 0 Å². The lowest BCUT2D eigenvalue weighted by Crippen LogP contribution is -2.51. The van der Waals surface area contributed by atoms with Gasteiger partial charge in [-0.15, -0.1) is 0 Å². The van der Waals surface area contributed by atoms with Gasteiger partial charge in [0.25, 0.3) is 0 Å². The van der Waals surface area contributed by atoms with Gasteiger partial charge in [0.2, 0.25) is 5.91 Å². The Morgan fingerprint density at radius 2 is 2.00 bits per heavy atom. The summed E-state index contributed by atoms with van der Waals surface area (Å²) in [7, 11) is 0. The maximum absolute atomic E-state index is 12.2. The Balaban J connectivity index is 1.99. The van der Waals surface area contributed by atoms with Gasteiger partial charge in [-0.1, -0.05) is 6.42 Å². The molecule has 0 spiro atoms. The molecule has 2 aliphatic heterocycles. The Kier molecular flexibility index (Phi) is 3.59. The molecule has 0 radical (unpaired) electrons. The number of rotatable bonds is 2. The van der Waals surface area contributed by atoms with Crippen LogP contribution in [0.2, 0.25) is 0 Å². The second kappa shape index (κ2) is 4.95. The highest BCUT2D eigenvalue weighted by Gasteiger charge is 2.35. The number of hydrogen-bond acceptors (Lipinski definition) is 3. The number of carbonyl (C=O) groups is 2. The molecule has 4 nitrogen and oxygen atoms in total. The van der Waals surface area contributed by atoms with E-state index in [4.69, 9.17) is 0 Å². The number of Topliss-reactive ketones (excluding diaryl/α,β-unsaturated/α-hetero) is 1. The number of nitrogens with zero attached hydrogens (tertiary/aromatic N) is 1. The fraction of sp³-hybridized carbons (Fsp3) is 0.833. The van der Waals surface area contributed by atoms with Gasteiger partial charge in [-0.25, -0.2) is 0 Å². The van der Waals surface area contributed by atoms with Crippen LogP contribution in [0, 0.1) is 0 Å². The summed E-state index contributed by atoms with van der Waals surface area (Å²) in [5.74, 6) is 0.263. The molecule has 2 fully saturated rings. The van der Waals surface area contributed by atoms with Gasteiger partial charge in [0.1, 0.15) is 0 Å². The first-order valence-corrected chi connectivity index (χ1v) is 6.24. The smallest absolute Gasteiger partial charge is 0.240 e. The molecular formula is C12H20N2O2. The molecule has 0 aliphatic carbocycles. The third-order valence-corrected chi connectivity index (χ3v) is 3.61. The Hall–Kier alpha value is -0.900. The van der Waals surface area contributed by atoms with Crippen LogP contribution < -0.4 is 5.32 Å². The molecule has 1 amide bonds. The molecule has 0 bridgehead atoms. The minimum absolute atomic E-state index is 0.0475. The standard InChI is InChI=1S/C12H20N2O2/c1-9(15)11-6-4-8-14(11)12(16)10-5-2-3-7-13-10/h10-11,13H,2-8H2,1H3/t10?,11-/m1/s1. The maximum Gasteiger partial charge on any atom is 0.240 e. The third-order valence-electron chi connectivity index (χ3n) is 3.61. The molecule has 2 heterocycles. The Morgan fingerprint density at radius 3 is 2.62 bits per heavy atom. The van der Waals surface area contributed by atoms with Crippen molar-refractivity contribution >= 4 is 11.7 Å². The normalized spacial score (nSPS) is 30.4. The van der Waals surface area contributed by atoms with E-state index in [2.05, 4.69) is 5.32 Å². The molecule has 2 atom stereocenters. The lowest BCUT2D eigenvalue weighted by atomic mass is 10.0. The Bertz CT molecular complexity index is 285. The average molecular weight is 224 g/mol. The van der Waals surface area contributed by atoms with Gasteiger partial charge in [-0.2, -0.15) is 0 Å². The van der Waals surface area contributed by atoms with E-state index in [9.17, 15) is 9.59 Å². The summed E-state index contributed by atoms with van der Waals surface area (Å²) in [6.45, 7) is 3.26. The Labute approximate surface area is 96.4 Å². The molecule has 1 N–H and O–H groups in total. The zero-order chi connectivity index (χ0) is 11.5. The van der Waals surface area contributed by atoms with Crippen LogP contribution in [0.3, 0.4) is 0 Å². The predicted octanol–water partition coefficient (Wildman–Crippen LogP) is 0.708. The molecule has 1 unspecified atom stereocenters. The van der Waals surface area contributed by atoms with Gasteiger partial charge in [-0.05, 0) is 39.2 Å². The SMILES string of the molecule is CC(=O)[C@H]1CCCN1C(=O)C1CCCCN1. The number of carbonyl (C=O) groups excluding carboxylic acids is 2. The van der Waals surface area contributed by atoms with Gasteiger partial charge < -0.3 is 10.2 Å². The molecule has 90 valence electrons. The van der Waals surface area contributed by atoms with Gasteiger partial charge in [0, 0.05) is 6.54 Å². The summed E-state index contributed by atoms with van der Waals surface area (Å²) in [6, 6.07) is -0.204. The van der Waals surface area contributed by atoms with Crippen LogP contribution in [0.1, 0.15) is 39.0 Å². The lowest BCUT2D eigenvalue weighted by Gasteiger charge is -2.30. The first-order chi connectivity index (χ1) is 7.70. The van der Waals surface area contributed by atoms with Crippen molar-refractivity contribution in [1.29, 1.82) is 0 Å². The van der Waals surface area contributed by atoms with Gasteiger partial charge in [0.15, 0.2) is 5.78 Å². The van der Waals surface area contributed by atoms with Crippen molar-refractivity contribution in [1.82, 2.24) is 10.2 Å². The highest BCUT2D eigenvalue weighted by atomic mass is 16.2. The van der Waals surface area contributed by atoms with Crippen molar-refractivity contribution in [2.24, 2.45) is 0 Å². The van der Waals surface area contributed by atoms with E-state index in [1.54, 1.807) is 11.8 Å². The number of hydrogen-bond donors (Lipinski definition) is 1. The van der Waals surface area contributed by atoms with E-state index in [-0.39, 0.29) is 23.8 Å². The van der Waals surface area contributed by atoms with E-state index in [0.29, 0.717) is 0 Å². The summed E-state index contributed by atoms with van der Waals surface area (Å²) < 4.78 is 0. The van der Waals surface area contributed by atoms with Crippen molar-refractivity contribution in [3.63, 3.8) is 0 Å². The molecular weight excluding hydrogens is 204 g/mol. The summed E-state index contributed by atoms with van der Waals surface area (Å²) in [5.41, 5.74) is 0. The van der Waals surface area contributed by atoms with Crippen molar-refractivity contribution in [3.8, 4) is 0 Å². The number of piperidine rings is 1. The van der Waals surface area contributed by atoms with Crippen LogP contribution in [0.4, 0.5) is 0 Å². The number of likely N-dealkylation sites (tertiary alicyclic amines) is 1. The van der Waals surface area contributed by atoms with Gasteiger partial charge in [-0.3, -0.25) is 9.59 Å². The van der Waals surface area contributed by atoms with E-state index >= 15 is 0 Å². The predicted molar refractivity (Wildman–Crippen MR) is 61.1 cm³/mol. The highest BCUT2D eigenvalue weighted by Crippen LogP contribution is 2.21. The number of amides is 1. The van der Waals surface area contributed by atoms with E-state index in [1.165, 1.54) is 0 Å². The maximum atomic E-state index is 12.2. The molecule has 2 aliphatic rings. The summed E-state index contributed by atoms with van der Waals surface area (Å²) >= 11 is 0. The van der Waals surface area contributed by atoms with Crippen LogP contribution in [-0.2, 0) is 9.59 Å². The molecule has 0 aromatic rings. The molecule has 2 rings (SSSR count). The van der Waals surface area contributed by atoms with Crippen LogP contribution in [-0.4, -0.2) is 41.8 Å². The van der Waals surface area contributed by atoms with Gasteiger partial charge >= 0.3 is 0 Å². The van der Waals surface area contributed by atoms with E-state index < -0.39 is 0 Å². The fourth-order valence-electron chi connectivity index (χ4n) is 2.72. The largest absolute Gasteiger partial charge is 0.331 e. The van der Waals surface area contributed by atoms with E-state index in [0.717, 1.165) is 45.2 Å². The average Bonchev–Trinajstić information content (AvgIpc) is 2.78. The minimum Gasteiger partial charge on any atom is -0.331 e. The summed E-state index contributed by atoms with van der Waals surface area (Å²) in [5, 5.41) is 3.25. The molecule has 0 aromatic heterocycles. The monoisotopic (exact) mass is 224 g/mol. The highest BCUT2D eigenvalue weighted by molar-refractivity contribution is 5.90. The minimum atomic E-state index is -0.156. The first-order valence-electron chi connectivity index (χ1n) is 6.24. The van der Waals surface area contributed by atoms with Crippen LogP contribution in [0.15, 0.2) is 0 Å². The fourth-order valence-corrected chi connectivity index (χ4v) is 2.72. The molecule has 0 aromatic carbocycles. The number of ketones is 1. The summed E-state index contributed by atoms with van der Waals surface area (Å²) in [4.78, 5) is 25.4. The van der Waals surface area contributed by atoms with Crippen molar-refractivity contribution in [3.05, 3.63) is 0 Å². The second-order valence-corrected chi connectivity index (χ2v) is 4.80. The quantitative estimate of drug-likeness (QED) is 0.751. The number of nitrogens with one attached hydrogen (secondary N) is 1. The lowest BCUT2D eigenvalue weighted by molar-refractivity contribution is -0.139.